The van der Waals surface area contributed by atoms with E-state index in [2.05, 4.69) is 25.6 Å². The molecule has 2 heterocycles. The summed E-state index contributed by atoms with van der Waals surface area (Å²) in [7, 11) is 1.35. The number of methoxy groups -OCH3 is 1. The molecule has 0 bridgehead atoms. The van der Waals surface area contributed by atoms with Crippen molar-refractivity contribution in [3.63, 3.8) is 0 Å². The van der Waals surface area contributed by atoms with Gasteiger partial charge < -0.3 is 15.4 Å². The van der Waals surface area contributed by atoms with Crippen molar-refractivity contribution in [2.75, 3.05) is 25.5 Å². The molecule has 0 aromatic carbocycles. The Morgan fingerprint density at radius 1 is 1.48 bits per heavy atom. The van der Waals surface area contributed by atoms with E-state index in [9.17, 15) is 9.59 Å². The Morgan fingerprint density at radius 2 is 2.19 bits per heavy atom. The topological polar surface area (TPSA) is 93.2 Å². The number of ether oxygens (including phenoxy) is 1. The summed E-state index contributed by atoms with van der Waals surface area (Å²) in [5, 5.41) is 15.0. The number of halogens is 1. The lowest BCUT2D eigenvalue weighted by atomic mass is 9.88. The van der Waals surface area contributed by atoms with Crippen LogP contribution in [-0.4, -0.2) is 42.3 Å². The molecule has 1 aliphatic rings. The lowest BCUT2D eigenvalue weighted by Crippen LogP contribution is -2.48. The second kappa shape index (κ2) is 8.26. The van der Waals surface area contributed by atoms with Crippen molar-refractivity contribution in [1.29, 1.82) is 0 Å². The van der Waals surface area contributed by atoms with Crippen molar-refractivity contribution in [3.05, 3.63) is 5.01 Å². The fourth-order valence-corrected chi connectivity index (χ4v) is 2.56. The van der Waals surface area contributed by atoms with Gasteiger partial charge in [-0.15, -0.1) is 22.6 Å². The minimum Gasteiger partial charge on any atom is -0.469 e. The van der Waals surface area contributed by atoms with Crippen LogP contribution >= 0.6 is 23.7 Å². The second-order valence-corrected chi connectivity index (χ2v) is 5.84. The van der Waals surface area contributed by atoms with Gasteiger partial charge >= 0.3 is 5.97 Å². The largest absolute Gasteiger partial charge is 0.469 e. The minimum absolute atomic E-state index is 0. The van der Waals surface area contributed by atoms with Gasteiger partial charge in [0.2, 0.25) is 11.0 Å². The van der Waals surface area contributed by atoms with Crippen LogP contribution in [0, 0.1) is 11.8 Å². The van der Waals surface area contributed by atoms with E-state index in [1.807, 2.05) is 6.92 Å². The third-order valence-electron chi connectivity index (χ3n) is 3.40. The van der Waals surface area contributed by atoms with Gasteiger partial charge in [0.15, 0.2) is 0 Å². The standard InChI is InChI=1S/C12H18N4O3S.ClH/c1-7(8-5-13-6-8)11(18)14-12-16-15-9(20-12)3-4-10(17)19-2;/h7-8,13H,3-6H2,1-2H3,(H,14,16,18);1H. The monoisotopic (exact) mass is 334 g/mol. The van der Waals surface area contributed by atoms with Crippen LogP contribution in [0.25, 0.3) is 0 Å². The molecule has 1 aliphatic heterocycles. The number of esters is 1. The normalized spacial score (nSPS) is 15.5. The highest BCUT2D eigenvalue weighted by atomic mass is 35.5. The van der Waals surface area contributed by atoms with E-state index in [0.717, 1.165) is 13.1 Å². The summed E-state index contributed by atoms with van der Waals surface area (Å²) in [6, 6.07) is 0. The number of nitrogens with zero attached hydrogens (tertiary/aromatic N) is 2. The molecule has 7 nitrogen and oxygen atoms in total. The molecule has 1 aromatic heterocycles. The van der Waals surface area contributed by atoms with Gasteiger partial charge in [0.1, 0.15) is 5.01 Å². The Bertz CT molecular complexity index is 493. The molecule has 0 spiro atoms. The molecule has 1 atom stereocenters. The van der Waals surface area contributed by atoms with Gasteiger partial charge in [0.25, 0.3) is 0 Å². The van der Waals surface area contributed by atoms with Crippen molar-refractivity contribution < 1.29 is 14.3 Å². The third-order valence-corrected chi connectivity index (χ3v) is 4.30. The quantitative estimate of drug-likeness (QED) is 0.749. The molecule has 0 aliphatic carbocycles. The SMILES string of the molecule is COC(=O)CCc1nnc(NC(=O)C(C)C2CNC2)s1.Cl. The number of aromatic nitrogens is 2. The molecule has 2 N–H and O–H groups in total. The van der Waals surface area contributed by atoms with Crippen LogP contribution in [0.3, 0.4) is 0 Å². The Hall–Kier alpha value is -1.25. The number of hydrogen-bond acceptors (Lipinski definition) is 7. The number of anilines is 1. The molecule has 1 unspecified atom stereocenters. The summed E-state index contributed by atoms with van der Waals surface area (Å²) in [4.78, 5) is 23.0. The van der Waals surface area contributed by atoms with E-state index < -0.39 is 0 Å². The predicted molar refractivity (Wildman–Crippen MR) is 81.6 cm³/mol. The van der Waals surface area contributed by atoms with E-state index in [4.69, 9.17) is 0 Å². The molecule has 0 radical (unpaired) electrons. The highest BCUT2D eigenvalue weighted by Crippen LogP contribution is 2.21. The van der Waals surface area contributed by atoms with Crippen LogP contribution in [0.5, 0.6) is 0 Å². The molecule has 0 saturated carbocycles. The zero-order chi connectivity index (χ0) is 14.5. The number of rotatable bonds is 6. The van der Waals surface area contributed by atoms with Gasteiger partial charge in [-0.25, -0.2) is 0 Å². The number of carbonyl (C=O) groups is 2. The van der Waals surface area contributed by atoms with Crippen molar-refractivity contribution in [3.8, 4) is 0 Å². The van der Waals surface area contributed by atoms with Gasteiger partial charge in [0.05, 0.1) is 13.5 Å². The van der Waals surface area contributed by atoms with Crippen molar-refractivity contribution >= 4 is 40.8 Å². The van der Waals surface area contributed by atoms with E-state index in [1.165, 1.54) is 18.4 Å². The van der Waals surface area contributed by atoms with Gasteiger partial charge in [-0.2, -0.15) is 0 Å². The Morgan fingerprint density at radius 3 is 2.76 bits per heavy atom. The second-order valence-electron chi connectivity index (χ2n) is 4.77. The molecule has 9 heteroatoms. The first kappa shape index (κ1) is 17.8. The number of hydrogen-bond donors (Lipinski definition) is 2. The first-order valence-corrected chi connectivity index (χ1v) is 7.32. The summed E-state index contributed by atoms with van der Waals surface area (Å²) in [5.74, 6) is 0.0319. The Kier molecular flexibility index (Phi) is 7.00. The maximum atomic E-state index is 12.0. The smallest absolute Gasteiger partial charge is 0.305 e. The minimum atomic E-state index is -0.281. The molecule has 21 heavy (non-hydrogen) atoms. The summed E-state index contributed by atoms with van der Waals surface area (Å²) < 4.78 is 4.56. The maximum absolute atomic E-state index is 12.0. The van der Waals surface area contributed by atoms with Crippen LogP contribution in [-0.2, 0) is 20.7 Å². The molecular formula is C12H19ClN4O3S. The van der Waals surface area contributed by atoms with Crippen LogP contribution in [0.2, 0.25) is 0 Å². The van der Waals surface area contributed by atoms with Crippen molar-refractivity contribution in [2.24, 2.45) is 11.8 Å². The molecular weight excluding hydrogens is 316 g/mol. The zero-order valence-corrected chi connectivity index (χ0v) is 13.6. The first-order valence-electron chi connectivity index (χ1n) is 6.51. The van der Waals surface area contributed by atoms with E-state index in [1.54, 1.807) is 0 Å². The van der Waals surface area contributed by atoms with Crippen LogP contribution in [0.15, 0.2) is 0 Å². The van der Waals surface area contributed by atoms with Gasteiger partial charge in [-0.1, -0.05) is 18.3 Å². The number of carbonyl (C=O) groups excluding carboxylic acids is 2. The highest BCUT2D eigenvalue weighted by Gasteiger charge is 2.29. The van der Waals surface area contributed by atoms with Crippen LogP contribution < -0.4 is 10.6 Å². The van der Waals surface area contributed by atoms with Crippen molar-refractivity contribution in [2.45, 2.75) is 19.8 Å². The Balaban J connectivity index is 0.00000220. The first-order chi connectivity index (χ1) is 9.60. The third kappa shape index (κ3) is 4.90. The average Bonchev–Trinajstić information content (AvgIpc) is 2.81. The summed E-state index contributed by atoms with van der Waals surface area (Å²) in [5.41, 5.74) is 0. The van der Waals surface area contributed by atoms with E-state index in [0.29, 0.717) is 22.5 Å². The lowest BCUT2D eigenvalue weighted by Gasteiger charge is -2.31. The Labute approximate surface area is 133 Å². The van der Waals surface area contributed by atoms with Crippen LogP contribution in [0.1, 0.15) is 18.4 Å². The van der Waals surface area contributed by atoms with Gasteiger partial charge in [-0.3, -0.25) is 9.59 Å². The predicted octanol–water partition coefficient (Wildman–Crippen LogP) is 0.859. The molecule has 2 rings (SSSR count). The van der Waals surface area contributed by atoms with Gasteiger partial charge in [-0.05, 0) is 19.0 Å². The number of aryl methyl sites for hydroxylation is 1. The summed E-state index contributed by atoms with van der Waals surface area (Å²) in [6.07, 6.45) is 0.742. The zero-order valence-electron chi connectivity index (χ0n) is 11.9. The average molecular weight is 335 g/mol. The lowest BCUT2D eigenvalue weighted by molar-refractivity contribution is -0.140. The molecule has 1 aromatic rings. The van der Waals surface area contributed by atoms with E-state index >= 15 is 0 Å². The van der Waals surface area contributed by atoms with Crippen molar-refractivity contribution in [1.82, 2.24) is 15.5 Å². The maximum Gasteiger partial charge on any atom is 0.305 e. The van der Waals surface area contributed by atoms with Gasteiger partial charge in [0, 0.05) is 12.3 Å². The van der Waals surface area contributed by atoms with Crippen LogP contribution in [0.4, 0.5) is 5.13 Å². The molecule has 1 saturated heterocycles. The number of amides is 1. The summed E-state index contributed by atoms with van der Waals surface area (Å²) in [6.45, 7) is 3.68. The number of nitrogens with one attached hydrogen (secondary N) is 2. The highest BCUT2D eigenvalue weighted by molar-refractivity contribution is 7.15. The summed E-state index contributed by atoms with van der Waals surface area (Å²) >= 11 is 1.29. The fourth-order valence-electron chi connectivity index (χ4n) is 1.81. The fraction of sp³-hybridized carbons (Fsp3) is 0.667. The van der Waals surface area contributed by atoms with E-state index in [-0.39, 0.29) is 36.6 Å². The molecule has 118 valence electrons. The molecule has 1 amide bonds. The molecule has 1 fully saturated rings.